The van der Waals surface area contributed by atoms with E-state index in [1.807, 2.05) is 13.8 Å². The van der Waals surface area contributed by atoms with Crippen LogP contribution in [0.4, 0.5) is 0 Å². The van der Waals surface area contributed by atoms with Crippen molar-refractivity contribution in [1.29, 1.82) is 0 Å². The molecule has 0 saturated carbocycles. The topological polar surface area (TPSA) is 89.7 Å². The van der Waals surface area contributed by atoms with E-state index in [4.69, 9.17) is 9.88 Å². The van der Waals surface area contributed by atoms with Gasteiger partial charge in [-0.1, -0.05) is 13.0 Å². The van der Waals surface area contributed by atoms with Gasteiger partial charge in [-0.2, -0.15) is 0 Å². The lowest BCUT2D eigenvalue weighted by molar-refractivity contribution is 0.0709. The maximum atomic E-state index is 12.3. The van der Waals surface area contributed by atoms with Gasteiger partial charge in [0, 0.05) is 25.8 Å². The molecule has 0 heterocycles. The predicted molar refractivity (Wildman–Crippen MR) is 80.6 cm³/mol. The summed E-state index contributed by atoms with van der Waals surface area (Å²) in [6.45, 7) is 5.17. The van der Waals surface area contributed by atoms with Gasteiger partial charge >= 0.3 is 0 Å². The van der Waals surface area contributed by atoms with Crippen LogP contribution in [0, 0.1) is 0 Å². The lowest BCUT2D eigenvalue weighted by atomic mass is 10.1. The minimum Gasteiger partial charge on any atom is -0.380 e. The zero-order valence-corrected chi connectivity index (χ0v) is 13.4. The molecule has 2 N–H and O–H groups in total. The predicted octanol–water partition coefficient (Wildman–Crippen LogP) is 1.00. The number of hydrogen-bond donors (Lipinski definition) is 1. The second-order valence-electron chi connectivity index (χ2n) is 4.64. The Bertz CT molecular complexity index is 599. The van der Waals surface area contributed by atoms with Crippen molar-refractivity contribution in [3.63, 3.8) is 0 Å². The van der Waals surface area contributed by atoms with E-state index in [0.29, 0.717) is 37.3 Å². The molecule has 0 saturated heterocycles. The van der Waals surface area contributed by atoms with Crippen molar-refractivity contribution < 1.29 is 17.9 Å². The zero-order chi connectivity index (χ0) is 16.0. The number of likely N-dealkylation sites (N-methyl/N-ethyl adjacent to an activating group) is 1. The fourth-order valence-corrected chi connectivity index (χ4v) is 2.78. The van der Waals surface area contributed by atoms with Crippen molar-refractivity contribution in [2.75, 3.05) is 26.8 Å². The van der Waals surface area contributed by atoms with Gasteiger partial charge in [-0.25, -0.2) is 13.6 Å². The summed E-state index contributed by atoms with van der Waals surface area (Å²) in [4.78, 5) is 13.8. The van der Waals surface area contributed by atoms with E-state index < -0.39 is 10.0 Å². The fourth-order valence-electron chi connectivity index (χ4n) is 1.91. The minimum atomic E-state index is -3.84. The number of nitrogens with zero attached hydrogens (tertiary/aromatic N) is 1. The summed E-state index contributed by atoms with van der Waals surface area (Å²) >= 11 is 0. The highest BCUT2D eigenvalue weighted by Gasteiger charge is 2.18. The number of hydrogen-bond acceptors (Lipinski definition) is 4. The lowest BCUT2D eigenvalue weighted by Crippen LogP contribution is -2.30. The highest BCUT2D eigenvalue weighted by Crippen LogP contribution is 2.18. The highest BCUT2D eigenvalue weighted by molar-refractivity contribution is 7.89. The molecule has 0 aliphatic heterocycles. The third-order valence-corrected chi connectivity index (χ3v) is 4.12. The number of carbonyl (C=O) groups is 1. The van der Waals surface area contributed by atoms with Crippen LogP contribution in [0.3, 0.4) is 0 Å². The number of sulfonamides is 1. The first-order valence-corrected chi connectivity index (χ1v) is 8.34. The van der Waals surface area contributed by atoms with Gasteiger partial charge in [-0.15, -0.1) is 0 Å². The summed E-state index contributed by atoms with van der Waals surface area (Å²) in [6, 6.07) is 4.59. The monoisotopic (exact) mass is 314 g/mol. The molecule has 0 atom stereocenters. The van der Waals surface area contributed by atoms with Crippen LogP contribution in [-0.2, 0) is 21.2 Å². The molecule has 0 spiro atoms. The first-order chi connectivity index (χ1) is 9.81. The first kappa shape index (κ1) is 17.6. The van der Waals surface area contributed by atoms with Crippen molar-refractivity contribution in [3.05, 3.63) is 29.3 Å². The van der Waals surface area contributed by atoms with Crippen molar-refractivity contribution in [2.24, 2.45) is 5.14 Å². The molecular formula is C14H22N2O4S. The van der Waals surface area contributed by atoms with Crippen molar-refractivity contribution in [2.45, 2.75) is 25.2 Å². The van der Waals surface area contributed by atoms with Crippen molar-refractivity contribution in [1.82, 2.24) is 4.90 Å². The van der Waals surface area contributed by atoms with E-state index in [-0.39, 0.29) is 10.8 Å². The number of amides is 1. The van der Waals surface area contributed by atoms with E-state index in [2.05, 4.69) is 0 Å². The van der Waals surface area contributed by atoms with Crippen LogP contribution < -0.4 is 5.14 Å². The molecule has 0 aromatic heterocycles. The number of rotatable bonds is 7. The third kappa shape index (κ3) is 4.80. The number of aryl methyl sites for hydroxylation is 1. The summed E-state index contributed by atoms with van der Waals surface area (Å²) in [7, 11) is -2.20. The molecule has 1 aromatic carbocycles. The van der Waals surface area contributed by atoms with Gasteiger partial charge in [0.1, 0.15) is 0 Å². The molecule has 1 amide bonds. The van der Waals surface area contributed by atoms with Gasteiger partial charge in [-0.05, 0) is 31.0 Å². The molecular weight excluding hydrogens is 292 g/mol. The van der Waals surface area contributed by atoms with Crippen LogP contribution in [-0.4, -0.2) is 46.0 Å². The highest BCUT2D eigenvalue weighted by atomic mass is 32.2. The van der Waals surface area contributed by atoms with Gasteiger partial charge < -0.3 is 9.64 Å². The summed E-state index contributed by atoms with van der Waals surface area (Å²) in [5.74, 6) is -0.262. The van der Waals surface area contributed by atoms with Crippen LogP contribution >= 0.6 is 0 Å². The van der Waals surface area contributed by atoms with Crippen LogP contribution in [0.5, 0.6) is 0 Å². The molecule has 1 aromatic rings. The summed E-state index contributed by atoms with van der Waals surface area (Å²) < 4.78 is 28.4. The average Bonchev–Trinajstić information content (AvgIpc) is 2.45. The van der Waals surface area contributed by atoms with Gasteiger partial charge in [-0.3, -0.25) is 4.79 Å². The van der Waals surface area contributed by atoms with Gasteiger partial charge in [0.05, 0.1) is 11.5 Å². The SMILES string of the molecule is CCOCCN(C)C(=O)c1ccc(CC)c(S(N)(=O)=O)c1. The van der Waals surface area contributed by atoms with E-state index in [1.165, 1.54) is 11.0 Å². The Morgan fingerprint density at radius 1 is 1.33 bits per heavy atom. The number of ether oxygens (including phenoxy) is 1. The quantitative estimate of drug-likeness (QED) is 0.760. The van der Waals surface area contributed by atoms with Crippen molar-refractivity contribution >= 4 is 15.9 Å². The standard InChI is InChI=1S/C14H22N2O4S/c1-4-11-6-7-12(10-13(11)21(15,18)19)14(17)16(3)8-9-20-5-2/h6-7,10H,4-5,8-9H2,1-3H3,(H2,15,18,19). The zero-order valence-electron chi connectivity index (χ0n) is 12.6. The Labute approximate surface area is 125 Å². The second kappa shape index (κ2) is 7.53. The minimum absolute atomic E-state index is 0.00839. The second-order valence-corrected chi connectivity index (χ2v) is 6.17. The Morgan fingerprint density at radius 2 is 2.00 bits per heavy atom. The molecule has 0 bridgehead atoms. The third-order valence-electron chi connectivity index (χ3n) is 3.12. The van der Waals surface area contributed by atoms with E-state index in [0.717, 1.165) is 0 Å². The largest absolute Gasteiger partial charge is 0.380 e. The molecule has 0 unspecified atom stereocenters. The fraction of sp³-hybridized carbons (Fsp3) is 0.500. The van der Waals surface area contributed by atoms with E-state index in [9.17, 15) is 13.2 Å². The smallest absolute Gasteiger partial charge is 0.253 e. The van der Waals surface area contributed by atoms with Crippen LogP contribution in [0.2, 0.25) is 0 Å². The summed E-state index contributed by atoms with van der Waals surface area (Å²) in [6.07, 6.45) is 0.528. The lowest BCUT2D eigenvalue weighted by Gasteiger charge is -2.18. The Balaban J connectivity index is 3.01. The molecule has 0 aliphatic rings. The Morgan fingerprint density at radius 3 is 2.52 bits per heavy atom. The number of benzene rings is 1. The number of primary sulfonamides is 1. The number of carbonyl (C=O) groups excluding carboxylic acids is 1. The summed E-state index contributed by atoms with van der Waals surface area (Å²) in [5, 5.41) is 5.20. The average molecular weight is 314 g/mol. The maximum absolute atomic E-state index is 12.3. The van der Waals surface area contributed by atoms with Crippen LogP contribution in [0.1, 0.15) is 29.8 Å². The molecule has 0 fully saturated rings. The first-order valence-electron chi connectivity index (χ1n) is 6.80. The molecule has 1 rings (SSSR count). The molecule has 21 heavy (non-hydrogen) atoms. The maximum Gasteiger partial charge on any atom is 0.253 e. The normalized spacial score (nSPS) is 11.4. The molecule has 6 nitrogen and oxygen atoms in total. The van der Waals surface area contributed by atoms with Crippen LogP contribution in [0.15, 0.2) is 23.1 Å². The van der Waals surface area contributed by atoms with Crippen LogP contribution in [0.25, 0.3) is 0 Å². The van der Waals surface area contributed by atoms with E-state index in [1.54, 1.807) is 19.2 Å². The van der Waals surface area contributed by atoms with Gasteiger partial charge in [0.25, 0.3) is 5.91 Å². The molecule has 0 aliphatic carbocycles. The number of nitrogens with two attached hydrogens (primary N) is 1. The summed E-state index contributed by atoms with van der Waals surface area (Å²) in [5.41, 5.74) is 0.904. The van der Waals surface area contributed by atoms with Crippen molar-refractivity contribution in [3.8, 4) is 0 Å². The van der Waals surface area contributed by atoms with Gasteiger partial charge in [0.15, 0.2) is 0 Å². The molecule has 118 valence electrons. The Hall–Kier alpha value is -1.44. The van der Waals surface area contributed by atoms with Gasteiger partial charge in [0.2, 0.25) is 10.0 Å². The molecule has 7 heteroatoms. The van der Waals surface area contributed by atoms with E-state index >= 15 is 0 Å². The molecule has 0 radical (unpaired) electrons. The Kier molecular flexibility index (Phi) is 6.32.